The first-order valence-electron chi connectivity index (χ1n) is 9.81. The maximum atomic E-state index is 12.1. The lowest BCUT2D eigenvalue weighted by molar-refractivity contribution is -0.120. The number of amidine groups is 1. The van der Waals surface area contributed by atoms with Crippen LogP contribution in [0.15, 0.2) is 42.5 Å². The van der Waals surface area contributed by atoms with Gasteiger partial charge in [0.25, 0.3) is 0 Å². The Labute approximate surface area is 169 Å². The number of nitrogens with two attached hydrogens (primary N) is 1. The first-order valence-corrected chi connectivity index (χ1v) is 9.81. The molecule has 2 aromatic rings. The number of hydrogen-bond acceptors (Lipinski definition) is 3. The average molecular weight is 383 g/mol. The first kappa shape index (κ1) is 23.4. The fourth-order valence-corrected chi connectivity index (χ4v) is 3.29. The van der Waals surface area contributed by atoms with Gasteiger partial charge in [-0.15, -0.1) is 0 Å². The Hall–Kier alpha value is -2.62. The average Bonchev–Trinajstić information content (AvgIpc) is 2.61. The third kappa shape index (κ3) is 6.22. The van der Waals surface area contributed by atoms with E-state index < -0.39 is 0 Å². The zero-order chi connectivity index (χ0) is 21.5. The molecule has 0 aliphatic carbocycles. The fourth-order valence-electron chi connectivity index (χ4n) is 3.29. The van der Waals surface area contributed by atoms with Crippen molar-refractivity contribution in [1.82, 2.24) is 0 Å². The maximum Gasteiger partial charge on any atom is 0.137 e. The van der Waals surface area contributed by atoms with Crippen molar-refractivity contribution >= 4 is 11.6 Å². The van der Waals surface area contributed by atoms with Gasteiger partial charge in [0.05, 0.1) is 5.84 Å². The highest BCUT2D eigenvalue weighted by Crippen LogP contribution is 2.44. The van der Waals surface area contributed by atoms with Gasteiger partial charge in [-0.3, -0.25) is 10.2 Å². The summed E-state index contributed by atoms with van der Waals surface area (Å²) < 4.78 is 6.12. The van der Waals surface area contributed by atoms with Gasteiger partial charge in [-0.25, -0.2) is 0 Å². The van der Waals surface area contributed by atoms with E-state index in [1.165, 1.54) is 23.6 Å². The third-order valence-electron chi connectivity index (χ3n) is 4.39. The number of hydrogen-bond donors (Lipinski definition) is 2. The van der Waals surface area contributed by atoms with Crippen molar-refractivity contribution in [1.29, 1.82) is 5.41 Å². The predicted octanol–water partition coefficient (Wildman–Crippen LogP) is 5.86. The van der Waals surface area contributed by atoms with Gasteiger partial charge in [0.2, 0.25) is 0 Å². The van der Waals surface area contributed by atoms with E-state index >= 15 is 0 Å². The van der Waals surface area contributed by atoms with Crippen molar-refractivity contribution < 1.29 is 9.53 Å². The third-order valence-corrected chi connectivity index (χ3v) is 4.39. The molecule has 3 N–H and O–H groups in total. The molecule has 0 spiro atoms. The number of fused-ring (bicyclic) bond motifs is 1. The normalized spacial score (nSPS) is 16.2. The zero-order valence-electron chi connectivity index (χ0n) is 18.2. The Morgan fingerprint density at radius 1 is 1.14 bits per heavy atom. The standard InChI is InChI=1S/C20H22O2.C2H6N2.C2H6/c1-13-10-19-17(11-16(13)15-8-6-5-7-9-15)18(14(2)21)12-20(3,4)22-19;1-2(3)4;1-2/h5-11,18H,12H2,1-4H3;1H3,(H3,3,4);1-2H3. The van der Waals surface area contributed by atoms with Crippen molar-refractivity contribution in [2.75, 3.05) is 0 Å². The summed E-state index contributed by atoms with van der Waals surface area (Å²) in [5.41, 5.74) is 8.94. The largest absolute Gasteiger partial charge is 0.488 e. The van der Waals surface area contributed by atoms with Gasteiger partial charge in [-0.1, -0.05) is 44.2 Å². The highest BCUT2D eigenvalue weighted by Gasteiger charge is 2.36. The Bertz CT molecular complexity index is 807. The predicted molar refractivity (Wildman–Crippen MR) is 118 cm³/mol. The van der Waals surface area contributed by atoms with Crippen LogP contribution in [0.5, 0.6) is 5.75 Å². The molecule has 3 rings (SSSR count). The molecule has 152 valence electrons. The SMILES string of the molecule is CC.CC(=N)N.CC(=O)C1CC(C)(C)Oc2cc(C)c(-c3ccccc3)cc21. The molecule has 1 aliphatic rings. The van der Waals surface area contributed by atoms with Gasteiger partial charge >= 0.3 is 0 Å². The van der Waals surface area contributed by atoms with E-state index in [1.807, 2.05) is 45.9 Å². The Morgan fingerprint density at radius 2 is 1.68 bits per heavy atom. The molecule has 0 radical (unpaired) electrons. The van der Waals surface area contributed by atoms with Crippen LogP contribution in [0.3, 0.4) is 0 Å². The topological polar surface area (TPSA) is 76.2 Å². The van der Waals surface area contributed by atoms with Crippen LogP contribution < -0.4 is 10.5 Å². The quantitative estimate of drug-likeness (QED) is 0.504. The van der Waals surface area contributed by atoms with Crippen LogP contribution in [0.2, 0.25) is 0 Å². The van der Waals surface area contributed by atoms with Gasteiger partial charge in [0.15, 0.2) is 0 Å². The summed E-state index contributed by atoms with van der Waals surface area (Å²) in [4.78, 5) is 12.1. The van der Waals surface area contributed by atoms with Crippen LogP contribution in [0.4, 0.5) is 0 Å². The lowest BCUT2D eigenvalue weighted by atomic mass is 9.80. The van der Waals surface area contributed by atoms with E-state index in [9.17, 15) is 4.79 Å². The monoisotopic (exact) mass is 382 g/mol. The molecule has 1 heterocycles. The van der Waals surface area contributed by atoms with E-state index in [2.05, 4.69) is 31.2 Å². The van der Waals surface area contributed by atoms with Gasteiger partial charge in [-0.05, 0) is 63.4 Å². The van der Waals surface area contributed by atoms with Crippen LogP contribution in [0.1, 0.15) is 65.0 Å². The number of benzene rings is 2. The minimum Gasteiger partial charge on any atom is -0.488 e. The van der Waals surface area contributed by atoms with Crippen LogP contribution in [0, 0.1) is 12.3 Å². The summed E-state index contributed by atoms with van der Waals surface area (Å²) in [6.45, 7) is 13.4. The van der Waals surface area contributed by atoms with E-state index in [1.54, 1.807) is 6.92 Å². The van der Waals surface area contributed by atoms with Crippen molar-refractivity contribution in [2.24, 2.45) is 5.73 Å². The number of Topliss-reactive ketones (excluding diaryl/α,β-unsaturated/α-hetero) is 1. The molecule has 0 bridgehead atoms. The van der Waals surface area contributed by atoms with Crippen molar-refractivity contribution in [2.45, 2.75) is 66.4 Å². The van der Waals surface area contributed by atoms with E-state index in [0.29, 0.717) is 0 Å². The van der Waals surface area contributed by atoms with Crippen molar-refractivity contribution in [3.63, 3.8) is 0 Å². The molecule has 0 fully saturated rings. The number of carbonyl (C=O) groups excluding carboxylic acids is 1. The van der Waals surface area contributed by atoms with Gasteiger partial charge in [0, 0.05) is 17.9 Å². The van der Waals surface area contributed by atoms with Gasteiger partial charge in [-0.2, -0.15) is 0 Å². The molecule has 0 saturated heterocycles. The number of carbonyl (C=O) groups is 1. The molecule has 1 unspecified atom stereocenters. The Morgan fingerprint density at radius 3 is 2.18 bits per heavy atom. The second kappa shape index (κ2) is 10.1. The lowest BCUT2D eigenvalue weighted by Crippen LogP contribution is -2.36. The van der Waals surface area contributed by atoms with E-state index in [4.69, 9.17) is 15.9 Å². The van der Waals surface area contributed by atoms with E-state index in [0.717, 1.165) is 17.7 Å². The smallest absolute Gasteiger partial charge is 0.137 e. The fraction of sp³-hybridized carbons (Fsp3) is 0.417. The molecule has 4 nitrogen and oxygen atoms in total. The van der Waals surface area contributed by atoms with Crippen LogP contribution in [-0.2, 0) is 4.79 Å². The maximum absolute atomic E-state index is 12.1. The Balaban J connectivity index is 0.000000583. The molecular weight excluding hydrogens is 348 g/mol. The zero-order valence-corrected chi connectivity index (χ0v) is 18.2. The lowest BCUT2D eigenvalue weighted by Gasteiger charge is -2.37. The van der Waals surface area contributed by atoms with Crippen LogP contribution in [0.25, 0.3) is 11.1 Å². The summed E-state index contributed by atoms with van der Waals surface area (Å²) in [5.74, 6) is 1.15. The van der Waals surface area contributed by atoms with E-state index in [-0.39, 0.29) is 23.1 Å². The molecule has 0 amide bonds. The minimum atomic E-state index is -0.302. The minimum absolute atomic E-state index is 0.0817. The number of rotatable bonds is 2. The molecule has 28 heavy (non-hydrogen) atoms. The molecule has 4 heteroatoms. The highest BCUT2D eigenvalue weighted by molar-refractivity contribution is 5.86. The molecule has 0 aromatic heterocycles. The molecule has 2 aromatic carbocycles. The van der Waals surface area contributed by atoms with Crippen LogP contribution in [-0.4, -0.2) is 17.2 Å². The van der Waals surface area contributed by atoms with Crippen LogP contribution >= 0.6 is 0 Å². The second-order valence-corrected chi connectivity index (χ2v) is 7.48. The summed E-state index contributed by atoms with van der Waals surface area (Å²) in [5, 5.41) is 6.28. The van der Waals surface area contributed by atoms with Gasteiger partial charge in [0.1, 0.15) is 17.1 Å². The number of nitrogens with one attached hydrogen (secondary N) is 1. The highest BCUT2D eigenvalue weighted by atomic mass is 16.5. The molecule has 1 atom stereocenters. The summed E-state index contributed by atoms with van der Waals surface area (Å²) >= 11 is 0. The molecule has 0 saturated carbocycles. The number of aryl methyl sites for hydroxylation is 1. The van der Waals surface area contributed by atoms with Gasteiger partial charge < -0.3 is 10.5 Å². The Kier molecular flexibility index (Phi) is 8.42. The van der Waals surface area contributed by atoms with Crippen molar-refractivity contribution in [3.05, 3.63) is 53.6 Å². The van der Waals surface area contributed by atoms with Crippen molar-refractivity contribution in [3.8, 4) is 16.9 Å². The first-order chi connectivity index (χ1) is 13.1. The number of ketones is 1. The molecule has 1 aliphatic heterocycles. The number of ether oxygens (including phenoxy) is 1. The summed E-state index contributed by atoms with van der Waals surface area (Å²) in [6.07, 6.45) is 0.729. The second-order valence-electron chi connectivity index (χ2n) is 7.48. The molecular formula is C24H34N2O2. The summed E-state index contributed by atoms with van der Waals surface area (Å²) in [7, 11) is 0. The summed E-state index contributed by atoms with van der Waals surface area (Å²) in [6, 6.07) is 14.5.